The molecule has 0 fully saturated rings. The third kappa shape index (κ3) is 5.16. The molecule has 0 unspecified atom stereocenters. The molecular weight excluding hydrogens is 350 g/mol. The fourth-order valence-corrected chi connectivity index (χ4v) is 2.48. The summed E-state index contributed by atoms with van der Waals surface area (Å²) in [5, 5.41) is 12.9. The number of nitrogens with one attached hydrogen (secondary N) is 1. The standard InChI is InChI=1S/C11H15Br2N3O/c12-9-5-8(11(17)10(13)6-9)7-16-4-3-15-2-1-14/h5-7,15,17H,1-4,14H2. The van der Waals surface area contributed by atoms with Crippen molar-refractivity contribution in [1.29, 1.82) is 0 Å². The van der Waals surface area contributed by atoms with Crippen LogP contribution in [0.1, 0.15) is 5.56 Å². The average Bonchev–Trinajstić information content (AvgIpc) is 2.29. The Labute approximate surface area is 118 Å². The molecular formula is C11H15Br2N3O. The molecule has 0 heterocycles. The van der Waals surface area contributed by atoms with Gasteiger partial charge in [0.2, 0.25) is 0 Å². The van der Waals surface area contributed by atoms with Crippen LogP contribution in [0.2, 0.25) is 0 Å². The summed E-state index contributed by atoms with van der Waals surface area (Å²) in [6.45, 7) is 2.86. The van der Waals surface area contributed by atoms with Gasteiger partial charge in [-0.25, -0.2) is 0 Å². The van der Waals surface area contributed by atoms with Crippen LogP contribution in [0.15, 0.2) is 26.1 Å². The van der Waals surface area contributed by atoms with Crippen molar-refractivity contribution >= 4 is 38.1 Å². The number of nitrogens with two attached hydrogens (primary N) is 1. The van der Waals surface area contributed by atoms with Crippen LogP contribution < -0.4 is 11.1 Å². The molecule has 4 nitrogen and oxygen atoms in total. The van der Waals surface area contributed by atoms with Gasteiger partial charge in [-0.2, -0.15) is 0 Å². The Hall–Kier alpha value is -0.430. The van der Waals surface area contributed by atoms with Gasteiger partial charge in [0.15, 0.2) is 0 Å². The fraction of sp³-hybridized carbons (Fsp3) is 0.364. The van der Waals surface area contributed by atoms with Gasteiger partial charge in [-0.3, -0.25) is 4.99 Å². The predicted octanol–water partition coefficient (Wildman–Crippen LogP) is 1.88. The van der Waals surface area contributed by atoms with E-state index in [1.165, 1.54) is 0 Å². The number of halogens is 2. The van der Waals surface area contributed by atoms with Crippen LogP contribution in [0.25, 0.3) is 0 Å². The van der Waals surface area contributed by atoms with Gasteiger partial charge in [0.25, 0.3) is 0 Å². The third-order valence-corrected chi connectivity index (χ3v) is 3.09. The topological polar surface area (TPSA) is 70.6 Å². The van der Waals surface area contributed by atoms with E-state index in [1.54, 1.807) is 12.3 Å². The van der Waals surface area contributed by atoms with Crippen molar-refractivity contribution in [3.63, 3.8) is 0 Å². The second kappa shape index (κ2) is 7.81. The molecule has 0 saturated heterocycles. The Morgan fingerprint density at radius 1 is 1.35 bits per heavy atom. The number of aliphatic imine (C=N–C) groups is 1. The molecule has 0 aliphatic rings. The van der Waals surface area contributed by atoms with Crippen molar-refractivity contribution in [1.82, 2.24) is 5.32 Å². The van der Waals surface area contributed by atoms with Crippen LogP contribution in [0.4, 0.5) is 0 Å². The van der Waals surface area contributed by atoms with Crippen LogP contribution in [0.3, 0.4) is 0 Å². The molecule has 0 saturated carbocycles. The molecule has 1 rings (SSSR count). The number of phenols is 1. The van der Waals surface area contributed by atoms with Crippen molar-refractivity contribution in [3.05, 3.63) is 26.6 Å². The molecule has 1 aromatic carbocycles. The minimum absolute atomic E-state index is 0.201. The minimum atomic E-state index is 0.201. The van der Waals surface area contributed by atoms with E-state index in [0.29, 0.717) is 23.1 Å². The van der Waals surface area contributed by atoms with E-state index in [9.17, 15) is 5.11 Å². The maximum absolute atomic E-state index is 9.77. The van der Waals surface area contributed by atoms with E-state index < -0.39 is 0 Å². The van der Waals surface area contributed by atoms with Gasteiger partial charge < -0.3 is 16.2 Å². The summed E-state index contributed by atoms with van der Waals surface area (Å²) in [6, 6.07) is 3.60. The first-order chi connectivity index (χ1) is 8.15. The number of hydrogen-bond donors (Lipinski definition) is 3. The van der Waals surface area contributed by atoms with E-state index in [-0.39, 0.29) is 5.75 Å². The quantitative estimate of drug-likeness (QED) is 0.533. The number of phenolic OH excluding ortho intramolecular Hbond substituents is 1. The Kier molecular flexibility index (Phi) is 6.72. The lowest BCUT2D eigenvalue weighted by Crippen LogP contribution is -2.24. The first kappa shape index (κ1) is 14.6. The van der Waals surface area contributed by atoms with Crippen LogP contribution >= 0.6 is 31.9 Å². The largest absolute Gasteiger partial charge is 0.506 e. The molecule has 1 aromatic rings. The summed E-state index contributed by atoms with van der Waals surface area (Å²) in [6.07, 6.45) is 1.66. The SMILES string of the molecule is NCCNCCN=Cc1cc(Br)cc(Br)c1O. The maximum Gasteiger partial charge on any atom is 0.138 e. The molecule has 0 radical (unpaired) electrons. The average molecular weight is 365 g/mol. The molecule has 0 spiro atoms. The molecule has 0 aliphatic carbocycles. The molecule has 0 aromatic heterocycles. The van der Waals surface area contributed by atoms with Crippen LogP contribution in [0, 0.1) is 0 Å². The molecule has 4 N–H and O–H groups in total. The lowest BCUT2D eigenvalue weighted by molar-refractivity contribution is 0.471. The van der Waals surface area contributed by atoms with Gasteiger partial charge >= 0.3 is 0 Å². The van der Waals surface area contributed by atoms with Gasteiger partial charge in [-0.15, -0.1) is 0 Å². The lowest BCUT2D eigenvalue weighted by atomic mass is 10.2. The van der Waals surface area contributed by atoms with Gasteiger partial charge in [0.05, 0.1) is 11.0 Å². The molecule has 0 bridgehead atoms. The number of aromatic hydroxyl groups is 1. The zero-order chi connectivity index (χ0) is 12.7. The first-order valence-corrected chi connectivity index (χ1v) is 6.82. The predicted molar refractivity (Wildman–Crippen MR) is 77.9 cm³/mol. The molecule has 6 heteroatoms. The number of rotatable bonds is 6. The highest BCUT2D eigenvalue weighted by Crippen LogP contribution is 2.30. The Bertz CT molecular complexity index is 397. The van der Waals surface area contributed by atoms with Crippen molar-refractivity contribution in [2.24, 2.45) is 10.7 Å². The first-order valence-electron chi connectivity index (χ1n) is 5.23. The Morgan fingerprint density at radius 2 is 2.12 bits per heavy atom. The maximum atomic E-state index is 9.77. The molecule has 0 amide bonds. The highest BCUT2D eigenvalue weighted by atomic mass is 79.9. The Morgan fingerprint density at radius 3 is 2.82 bits per heavy atom. The van der Waals surface area contributed by atoms with Crippen molar-refractivity contribution in [2.45, 2.75) is 0 Å². The molecule has 0 atom stereocenters. The van der Waals surface area contributed by atoms with Gasteiger partial charge in [0, 0.05) is 35.9 Å². The zero-order valence-corrected chi connectivity index (χ0v) is 12.5. The van der Waals surface area contributed by atoms with E-state index >= 15 is 0 Å². The summed E-state index contributed by atoms with van der Waals surface area (Å²) in [5.74, 6) is 0.201. The van der Waals surface area contributed by atoms with Gasteiger partial charge in [0.1, 0.15) is 5.75 Å². The highest BCUT2D eigenvalue weighted by molar-refractivity contribution is 9.11. The summed E-state index contributed by atoms with van der Waals surface area (Å²) in [4.78, 5) is 4.23. The smallest absolute Gasteiger partial charge is 0.138 e. The monoisotopic (exact) mass is 363 g/mol. The lowest BCUT2D eigenvalue weighted by Gasteiger charge is -2.03. The third-order valence-electron chi connectivity index (χ3n) is 2.03. The minimum Gasteiger partial charge on any atom is -0.506 e. The fourth-order valence-electron chi connectivity index (χ4n) is 1.22. The van der Waals surface area contributed by atoms with E-state index in [1.807, 2.05) is 6.07 Å². The second-order valence-electron chi connectivity index (χ2n) is 3.40. The normalized spacial score (nSPS) is 11.2. The van der Waals surface area contributed by atoms with Crippen LogP contribution in [-0.4, -0.2) is 37.5 Å². The summed E-state index contributed by atoms with van der Waals surface area (Å²) < 4.78 is 1.54. The van der Waals surface area contributed by atoms with Crippen LogP contribution in [0.5, 0.6) is 5.75 Å². The van der Waals surface area contributed by atoms with E-state index in [0.717, 1.165) is 17.6 Å². The van der Waals surface area contributed by atoms with Gasteiger partial charge in [-0.05, 0) is 28.1 Å². The number of nitrogens with zero attached hydrogens (tertiary/aromatic N) is 1. The number of hydrogen-bond acceptors (Lipinski definition) is 4. The van der Waals surface area contributed by atoms with Crippen molar-refractivity contribution < 1.29 is 5.11 Å². The van der Waals surface area contributed by atoms with Crippen molar-refractivity contribution in [3.8, 4) is 5.75 Å². The molecule has 17 heavy (non-hydrogen) atoms. The molecule has 94 valence electrons. The zero-order valence-electron chi connectivity index (χ0n) is 9.29. The Balaban J connectivity index is 2.53. The second-order valence-corrected chi connectivity index (χ2v) is 5.17. The number of benzene rings is 1. The highest BCUT2D eigenvalue weighted by Gasteiger charge is 2.04. The van der Waals surface area contributed by atoms with Crippen molar-refractivity contribution in [2.75, 3.05) is 26.2 Å². The van der Waals surface area contributed by atoms with E-state index in [2.05, 4.69) is 42.2 Å². The van der Waals surface area contributed by atoms with Gasteiger partial charge in [-0.1, -0.05) is 15.9 Å². The summed E-state index contributed by atoms with van der Waals surface area (Å²) in [7, 11) is 0. The van der Waals surface area contributed by atoms with Crippen LogP contribution in [-0.2, 0) is 0 Å². The molecule has 0 aliphatic heterocycles. The van der Waals surface area contributed by atoms with E-state index in [4.69, 9.17) is 5.73 Å². The summed E-state index contributed by atoms with van der Waals surface area (Å²) in [5.41, 5.74) is 6.03. The summed E-state index contributed by atoms with van der Waals surface area (Å²) >= 11 is 6.63.